The first-order valence-corrected chi connectivity index (χ1v) is 11.1. The Labute approximate surface area is 187 Å². The molecule has 0 unspecified atom stereocenters. The van der Waals surface area contributed by atoms with Crippen LogP contribution in [-0.2, 0) is 6.61 Å². The molecular weight excluding hydrogens is 406 g/mol. The van der Waals surface area contributed by atoms with Crippen LogP contribution in [0.1, 0.15) is 17.5 Å². The van der Waals surface area contributed by atoms with Gasteiger partial charge in [0.15, 0.2) is 0 Å². The Morgan fingerprint density at radius 3 is 2.61 bits per heavy atom. The van der Waals surface area contributed by atoms with Crippen molar-refractivity contribution in [3.05, 3.63) is 71.9 Å². The van der Waals surface area contributed by atoms with E-state index in [2.05, 4.69) is 34.9 Å². The number of nitriles is 1. The van der Waals surface area contributed by atoms with Gasteiger partial charge in [0.05, 0.1) is 22.7 Å². The van der Waals surface area contributed by atoms with Crippen LogP contribution < -0.4 is 9.64 Å². The van der Waals surface area contributed by atoms with Crippen molar-refractivity contribution in [1.29, 1.82) is 5.26 Å². The molecule has 158 valence electrons. The van der Waals surface area contributed by atoms with Gasteiger partial charge in [-0.1, -0.05) is 42.1 Å². The van der Waals surface area contributed by atoms with Crippen molar-refractivity contribution in [2.45, 2.75) is 28.9 Å². The fourth-order valence-electron chi connectivity index (χ4n) is 3.47. The van der Waals surface area contributed by atoms with E-state index < -0.39 is 0 Å². The smallest absolute Gasteiger partial charge is 0.232 e. The Kier molecular flexibility index (Phi) is 6.70. The van der Waals surface area contributed by atoms with Crippen LogP contribution in [0.2, 0.25) is 0 Å². The lowest BCUT2D eigenvalue weighted by molar-refractivity contribution is 0.285. The first-order valence-electron chi connectivity index (χ1n) is 10.3. The summed E-state index contributed by atoms with van der Waals surface area (Å²) in [4.78, 5) is 15.8. The Hall–Kier alpha value is -3.08. The maximum atomic E-state index is 9.02. The minimum absolute atomic E-state index is 0.443. The molecule has 31 heavy (non-hydrogen) atoms. The van der Waals surface area contributed by atoms with Crippen LogP contribution in [0, 0.1) is 11.3 Å². The number of anilines is 1. The molecule has 0 amide bonds. The average molecular weight is 432 g/mol. The molecule has 2 aromatic carbocycles. The Balaban J connectivity index is 1.57. The molecule has 4 rings (SSSR count). The highest BCUT2D eigenvalue weighted by atomic mass is 32.2. The van der Waals surface area contributed by atoms with E-state index in [-0.39, 0.29) is 0 Å². The van der Waals surface area contributed by atoms with Crippen LogP contribution in [0.5, 0.6) is 5.88 Å². The van der Waals surface area contributed by atoms with Gasteiger partial charge in [-0.2, -0.15) is 10.2 Å². The Bertz CT molecular complexity index is 1050. The molecule has 1 aliphatic rings. The van der Waals surface area contributed by atoms with E-state index in [0.717, 1.165) is 34.9 Å². The highest BCUT2D eigenvalue weighted by Gasteiger charge is 2.26. The van der Waals surface area contributed by atoms with E-state index >= 15 is 0 Å². The first kappa shape index (κ1) is 21.2. The maximum Gasteiger partial charge on any atom is 0.232 e. The molecule has 1 atom stereocenters. The van der Waals surface area contributed by atoms with Gasteiger partial charge in [-0.3, -0.25) is 0 Å². The third-order valence-electron chi connectivity index (χ3n) is 5.32. The number of hydrogen-bond donors (Lipinski definition) is 0. The molecule has 2 heterocycles. The molecule has 0 bridgehead atoms. The number of ether oxygens (including phenoxy) is 1. The lowest BCUT2D eigenvalue weighted by Crippen LogP contribution is -2.32. The van der Waals surface area contributed by atoms with Gasteiger partial charge in [0.25, 0.3) is 0 Å². The van der Waals surface area contributed by atoms with E-state index in [1.54, 1.807) is 0 Å². The molecule has 6 nitrogen and oxygen atoms in total. The van der Waals surface area contributed by atoms with Gasteiger partial charge in [-0.15, -0.1) is 0 Å². The first-order chi connectivity index (χ1) is 15.1. The number of aromatic nitrogens is 2. The quantitative estimate of drug-likeness (QED) is 0.555. The summed E-state index contributed by atoms with van der Waals surface area (Å²) < 4.78 is 6.15. The predicted molar refractivity (Wildman–Crippen MR) is 122 cm³/mol. The second-order valence-corrected chi connectivity index (χ2v) is 8.82. The summed E-state index contributed by atoms with van der Waals surface area (Å²) in [6, 6.07) is 20.2. The van der Waals surface area contributed by atoms with Crippen molar-refractivity contribution in [1.82, 2.24) is 14.9 Å². The summed E-state index contributed by atoms with van der Waals surface area (Å²) in [5, 5.41) is 9.02. The second-order valence-electron chi connectivity index (χ2n) is 7.70. The summed E-state index contributed by atoms with van der Waals surface area (Å²) in [6.07, 6.45) is 2.94. The topological polar surface area (TPSA) is 65.3 Å². The third kappa shape index (κ3) is 5.35. The van der Waals surface area contributed by atoms with E-state index in [1.165, 1.54) is 11.8 Å². The fourth-order valence-corrected chi connectivity index (χ4v) is 4.29. The van der Waals surface area contributed by atoms with Crippen LogP contribution >= 0.6 is 11.8 Å². The van der Waals surface area contributed by atoms with Crippen LogP contribution in [0.4, 0.5) is 5.95 Å². The van der Waals surface area contributed by atoms with Crippen molar-refractivity contribution in [3.63, 3.8) is 0 Å². The lowest BCUT2D eigenvalue weighted by atomic mass is 10.2. The van der Waals surface area contributed by atoms with Crippen molar-refractivity contribution in [2.24, 2.45) is 0 Å². The van der Waals surface area contributed by atoms with Crippen molar-refractivity contribution in [2.75, 3.05) is 32.1 Å². The largest absolute Gasteiger partial charge is 0.472 e. The Morgan fingerprint density at radius 2 is 1.94 bits per heavy atom. The summed E-state index contributed by atoms with van der Waals surface area (Å²) in [5.74, 6) is 1.29. The van der Waals surface area contributed by atoms with Crippen molar-refractivity contribution < 1.29 is 4.74 Å². The molecule has 1 aromatic heterocycles. The second kappa shape index (κ2) is 9.82. The zero-order valence-electron chi connectivity index (χ0n) is 17.7. The zero-order chi connectivity index (χ0) is 21.6. The van der Waals surface area contributed by atoms with Crippen molar-refractivity contribution in [3.8, 4) is 11.9 Å². The predicted octanol–water partition coefficient (Wildman–Crippen LogP) is 4.22. The third-order valence-corrected chi connectivity index (χ3v) is 6.32. The Morgan fingerprint density at radius 1 is 1.16 bits per heavy atom. The van der Waals surface area contributed by atoms with E-state index in [0.29, 0.717) is 30.0 Å². The fraction of sp³-hybridized carbons (Fsp3) is 0.292. The van der Waals surface area contributed by atoms with Gasteiger partial charge >= 0.3 is 0 Å². The number of likely N-dealkylation sites (N-methyl/N-ethyl adjacent to an activating group) is 1. The summed E-state index contributed by atoms with van der Waals surface area (Å²) >= 11 is 1.54. The van der Waals surface area contributed by atoms with Gasteiger partial charge in [0.1, 0.15) is 6.61 Å². The minimum Gasteiger partial charge on any atom is -0.472 e. The minimum atomic E-state index is 0.443. The van der Waals surface area contributed by atoms with Crippen molar-refractivity contribution >= 4 is 17.7 Å². The monoisotopic (exact) mass is 431 g/mol. The SMILES string of the molecule is CN(C)[C@H]1CCN(c2ncc(Sc3ccc(C#N)cc3)c(OCc3ccccc3)n2)C1. The molecule has 0 aliphatic carbocycles. The molecule has 1 aliphatic heterocycles. The molecule has 0 saturated carbocycles. The number of rotatable bonds is 7. The van der Waals surface area contributed by atoms with E-state index in [9.17, 15) is 0 Å². The molecule has 3 aromatic rings. The van der Waals surface area contributed by atoms with E-state index in [4.69, 9.17) is 15.0 Å². The maximum absolute atomic E-state index is 9.02. The molecule has 1 saturated heterocycles. The highest BCUT2D eigenvalue weighted by Crippen LogP contribution is 2.35. The van der Waals surface area contributed by atoms with Crippen LogP contribution in [0.25, 0.3) is 0 Å². The van der Waals surface area contributed by atoms with Gasteiger partial charge in [-0.25, -0.2) is 4.98 Å². The molecule has 7 heteroatoms. The molecule has 0 spiro atoms. The summed E-state index contributed by atoms with van der Waals surface area (Å²) in [6.45, 7) is 2.29. The van der Waals surface area contributed by atoms with E-state index in [1.807, 2.05) is 60.8 Å². The molecule has 1 fully saturated rings. The van der Waals surface area contributed by atoms with Crippen LogP contribution in [0.15, 0.2) is 70.6 Å². The highest BCUT2D eigenvalue weighted by molar-refractivity contribution is 7.99. The lowest BCUT2D eigenvalue weighted by Gasteiger charge is -2.21. The standard InChI is InChI=1S/C24H25N5OS/c1-28(2)20-12-13-29(16-20)24-26-15-22(31-21-10-8-18(14-25)9-11-21)23(27-24)30-17-19-6-4-3-5-7-19/h3-11,15,20H,12-13,16-17H2,1-2H3/t20-/m0/s1. The molecule has 0 radical (unpaired) electrons. The van der Waals surface area contributed by atoms with Crippen LogP contribution in [0.3, 0.4) is 0 Å². The molecule has 0 N–H and O–H groups in total. The van der Waals surface area contributed by atoms with Gasteiger partial charge in [-0.05, 0) is 50.3 Å². The number of benzene rings is 2. The van der Waals surface area contributed by atoms with Gasteiger partial charge in [0, 0.05) is 24.0 Å². The summed E-state index contributed by atoms with van der Waals surface area (Å²) in [5.41, 5.74) is 1.73. The average Bonchev–Trinajstić information content (AvgIpc) is 3.30. The number of hydrogen-bond acceptors (Lipinski definition) is 7. The molecular formula is C24H25N5OS. The zero-order valence-corrected chi connectivity index (χ0v) is 18.5. The normalized spacial score (nSPS) is 15.8. The van der Waals surface area contributed by atoms with Gasteiger partial charge in [0.2, 0.25) is 11.8 Å². The number of nitrogens with zero attached hydrogens (tertiary/aromatic N) is 5. The van der Waals surface area contributed by atoms with Gasteiger partial charge < -0.3 is 14.5 Å². The summed E-state index contributed by atoms with van der Waals surface area (Å²) in [7, 11) is 4.22. The van der Waals surface area contributed by atoms with Crippen LogP contribution in [-0.4, -0.2) is 48.1 Å².